The van der Waals surface area contributed by atoms with Crippen molar-refractivity contribution in [2.45, 2.75) is 57.8 Å². The van der Waals surface area contributed by atoms with E-state index in [-0.39, 0.29) is 18.3 Å². The molecule has 1 amide bonds. The molecule has 0 spiro atoms. The SMILES string of the molecule is CN(CCCCCO)C(=O)C1(C(N)=NO)CCCCCC1. The molecule has 0 radical (unpaired) electrons. The summed E-state index contributed by atoms with van der Waals surface area (Å²) in [5, 5.41) is 21.0. The predicted molar refractivity (Wildman–Crippen MR) is 82.1 cm³/mol. The lowest BCUT2D eigenvalue weighted by Gasteiger charge is -2.34. The average molecular weight is 299 g/mol. The van der Waals surface area contributed by atoms with Crippen molar-refractivity contribution in [2.75, 3.05) is 20.2 Å². The number of aliphatic hydroxyl groups is 1. The monoisotopic (exact) mass is 299 g/mol. The van der Waals surface area contributed by atoms with Crippen molar-refractivity contribution in [2.24, 2.45) is 16.3 Å². The molecule has 21 heavy (non-hydrogen) atoms. The Kier molecular flexibility index (Phi) is 7.50. The third kappa shape index (κ3) is 4.59. The fraction of sp³-hybridized carbons (Fsp3) is 0.867. The van der Waals surface area contributed by atoms with Crippen molar-refractivity contribution >= 4 is 11.7 Å². The van der Waals surface area contributed by atoms with Gasteiger partial charge in [0.1, 0.15) is 5.41 Å². The molecular formula is C15H29N3O3. The number of carbonyl (C=O) groups excluding carboxylic acids is 1. The van der Waals surface area contributed by atoms with Gasteiger partial charge >= 0.3 is 0 Å². The zero-order chi connectivity index (χ0) is 15.7. The van der Waals surface area contributed by atoms with Crippen LogP contribution in [0.15, 0.2) is 5.16 Å². The molecule has 1 rings (SSSR count). The Hall–Kier alpha value is -1.30. The maximum atomic E-state index is 12.8. The van der Waals surface area contributed by atoms with E-state index in [0.717, 1.165) is 44.9 Å². The molecule has 6 nitrogen and oxygen atoms in total. The van der Waals surface area contributed by atoms with Crippen LogP contribution >= 0.6 is 0 Å². The van der Waals surface area contributed by atoms with E-state index < -0.39 is 5.41 Å². The highest BCUT2D eigenvalue weighted by atomic mass is 16.4. The van der Waals surface area contributed by atoms with Gasteiger partial charge in [-0.1, -0.05) is 30.8 Å². The molecule has 1 aliphatic rings. The number of amidine groups is 1. The molecule has 0 saturated heterocycles. The van der Waals surface area contributed by atoms with E-state index in [2.05, 4.69) is 5.16 Å². The Morgan fingerprint density at radius 2 is 1.81 bits per heavy atom. The molecular weight excluding hydrogens is 270 g/mol. The molecule has 1 fully saturated rings. The molecule has 0 aliphatic heterocycles. The number of rotatable bonds is 7. The van der Waals surface area contributed by atoms with Crippen molar-refractivity contribution < 1.29 is 15.1 Å². The van der Waals surface area contributed by atoms with Gasteiger partial charge in [-0.15, -0.1) is 0 Å². The highest BCUT2D eigenvalue weighted by molar-refractivity contribution is 6.06. The van der Waals surface area contributed by atoms with Gasteiger partial charge in [-0.05, 0) is 32.1 Å². The first-order valence-corrected chi connectivity index (χ1v) is 7.93. The molecule has 122 valence electrons. The lowest BCUT2D eigenvalue weighted by atomic mass is 9.77. The summed E-state index contributed by atoms with van der Waals surface area (Å²) in [4.78, 5) is 14.5. The Morgan fingerprint density at radius 1 is 1.19 bits per heavy atom. The Morgan fingerprint density at radius 3 is 2.33 bits per heavy atom. The first-order chi connectivity index (χ1) is 10.1. The molecule has 1 saturated carbocycles. The van der Waals surface area contributed by atoms with E-state index in [4.69, 9.17) is 16.0 Å². The second kappa shape index (κ2) is 8.87. The molecule has 0 bridgehead atoms. The number of amides is 1. The summed E-state index contributed by atoms with van der Waals surface area (Å²) in [5.74, 6) is 0.0142. The van der Waals surface area contributed by atoms with Gasteiger partial charge in [-0.3, -0.25) is 4.79 Å². The Bertz CT molecular complexity index is 350. The van der Waals surface area contributed by atoms with Crippen LogP contribution in [0.3, 0.4) is 0 Å². The fourth-order valence-corrected chi connectivity index (χ4v) is 3.11. The molecule has 0 aromatic carbocycles. The number of hydrogen-bond acceptors (Lipinski definition) is 4. The molecule has 0 aromatic rings. The van der Waals surface area contributed by atoms with Gasteiger partial charge < -0.3 is 20.9 Å². The maximum absolute atomic E-state index is 12.8. The van der Waals surface area contributed by atoms with Gasteiger partial charge in [-0.2, -0.15) is 0 Å². The first kappa shape index (κ1) is 17.8. The zero-order valence-electron chi connectivity index (χ0n) is 13.1. The van der Waals surface area contributed by atoms with E-state index in [1.165, 1.54) is 0 Å². The van der Waals surface area contributed by atoms with Crippen LogP contribution in [0.25, 0.3) is 0 Å². The summed E-state index contributed by atoms with van der Waals surface area (Å²) in [6, 6.07) is 0. The molecule has 6 heteroatoms. The van der Waals surface area contributed by atoms with Crippen LogP contribution < -0.4 is 5.73 Å². The van der Waals surface area contributed by atoms with E-state index in [1.54, 1.807) is 11.9 Å². The summed E-state index contributed by atoms with van der Waals surface area (Å²) in [6.45, 7) is 0.824. The molecule has 0 aromatic heterocycles. The van der Waals surface area contributed by atoms with Crippen molar-refractivity contribution in [3.05, 3.63) is 0 Å². The van der Waals surface area contributed by atoms with Gasteiger partial charge in [0.2, 0.25) is 5.91 Å². The summed E-state index contributed by atoms with van der Waals surface area (Å²) in [6.07, 6.45) is 7.86. The van der Waals surface area contributed by atoms with Crippen LogP contribution in [-0.4, -0.2) is 47.2 Å². The summed E-state index contributed by atoms with van der Waals surface area (Å²) < 4.78 is 0. The van der Waals surface area contributed by atoms with Crippen LogP contribution in [0.5, 0.6) is 0 Å². The highest BCUT2D eigenvalue weighted by Crippen LogP contribution is 2.37. The van der Waals surface area contributed by atoms with Gasteiger partial charge in [-0.25, -0.2) is 0 Å². The van der Waals surface area contributed by atoms with E-state index in [9.17, 15) is 4.79 Å². The van der Waals surface area contributed by atoms with Gasteiger partial charge in [0.05, 0.1) is 0 Å². The molecule has 0 unspecified atom stereocenters. The maximum Gasteiger partial charge on any atom is 0.236 e. The van der Waals surface area contributed by atoms with Gasteiger partial charge in [0, 0.05) is 20.2 Å². The second-order valence-corrected chi connectivity index (χ2v) is 5.99. The van der Waals surface area contributed by atoms with Crippen LogP contribution in [-0.2, 0) is 4.79 Å². The fourth-order valence-electron chi connectivity index (χ4n) is 3.11. The lowest BCUT2D eigenvalue weighted by molar-refractivity contribution is -0.137. The minimum atomic E-state index is -0.836. The normalized spacial score (nSPS) is 19.0. The third-order valence-corrected chi connectivity index (χ3v) is 4.46. The summed E-state index contributed by atoms with van der Waals surface area (Å²) in [7, 11) is 1.78. The molecule has 1 aliphatic carbocycles. The number of aliphatic hydroxyl groups excluding tert-OH is 1. The predicted octanol–water partition coefficient (Wildman–Crippen LogP) is 1.69. The van der Waals surface area contributed by atoms with Crippen LogP contribution in [0.2, 0.25) is 0 Å². The number of oxime groups is 1. The van der Waals surface area contributed by atoms with Crippen LogP contribution in [0, 0.1) is 5.41 Å². The molecule has 0 heterocycles. The van der Waals surface area contributed by atoms with Crippen molar-refractivity contribution in [1.82, 2.24) is 4.90 Å². The van der Waals surface area contributed by atoms with E-state index in [0.29, 0.717) is 19.4 Å². The summed E-state index contributed by atoms with van der Waals surface area (Å²) >= 11 is 0. The first-order valence-electron chi connectivity index (χ1n) is 7.93. The number of unbranched alkanes of at least 4 members (excludes halogenated alkanes) is 2. The van der Waals surface area contributed by atoms with Crippen molar-refractivity contribution in [3.63, 3.8) is 0 Å². The third-order valence-electron chi connectivity index (χ3n) is 4.46. The number of carbonyl (C=O) groups is 1. The van der Waals surface area contributed by atoms with E-state index in [1.807, 2.05) is 0 Å². The Balaban J connectivity index is 2.75. The molecule has 4 N–H and O–H groups in total. The number of hydrogen-bond donors (Lipinski definition) is 3. The van der Waals surface area contributed by atoms with Crippen molar-refractivity contribution in [1.29, 1.82) is 0 Å². The van der Waals surface area contributed by atoms with Gasteiger partial charge in [0.25, 0.3) is 0 Å². The molecule has 0 atom stereocenters. The zero-order valence-corrected chi connectivity index (χ0v) is 13.1. The summed E-state index contributed by atoms with van der Waals surface area (Å²) in [5.41, 5.74) is 5.05. The largest absolute Gasteiger partial charge is 0.409 e. The Labute approximate surface area is 127 Å². The van der Waals surface area contributed by atoms with Crippen LogP contribution in [0.1, 0.15) is 57.8 Å². The number of nitrogens with two attached hydrogens (primary N) is 1. The quantitative estimate of drug-likeness (QED) is 0.166. The minimum absolute atomic E-state index is 0.0382. The highest BCUT2D eigenvalue weighted by Gasteiger charge is 2.44. The van der Waals surface area contributed by atoms with Crippen LogP contribution in [0.4, 0.5) is 0 Å². The average Bonchev–Trinajstić information content (AvgIpc) is 2.76. The van der Waals surface area contributed by atoms with Crippen molar-refractivity contribution in [3.8, 4) is 0 Å². The van der Waals surface area contributed by atoms with E-state index >= 15 is 0 Å². The smallest absolute Gasteiger partial charge is 0.236 e. The topological polar surface area (TPSA) is 99.2 Å². The lowest BCUT2D eigenvalue weighted by Crippen LogP contribution is -2.50. The number of nitrogens with zero attached hydrogens (tertiary/aromatic N) is 2. The minimum Gasteiger partial charge on any atom is -0.409 e. The standard InChI is InChI=1S/C15H29N3O3/c1-18(11-7-4-8-12-19)14(20)15(13(16)17-21)9-5-2-3-6-10-15/h19,21H,2-12H2,1H3,(H2,16,17). The second-order valence-electron chi connectivity index (χ2n) is 5.99. The van der Waals surface area contributed by atoms with Gasteiger partial charge in [0.15, 0.2) is 5.84 Å².